The van der Waals surface area contributed by atoms with Crippen molar-refractivity contribution < 1.29 is 23.6 Å². The summed E-state index contributed by atoms with van der Waals surface area (Å²) >= 11 is 1.62. The van der Waals surface area contributed by atoms with Crippen molar-refractivity contribution in [3.63, 3.8) is 0 Å². The van der Waals surface area contributed by atoms with Crippen LogP contribution in [0.2, 0.25) is 0 Å². The molecule has 7 heteroatoms. The molecular formula is C10H13BF2O3S. The van der Waals surface area contributed by atoms with Crippen LogP contribution in [0.4, 0.5) is 8.78 Å². The zero-order valence-electron chi connectivity index (χ0n) is 9.32. The predicted molar refractivity (Wildman–Crippen MR) is 64.7 cm³/mol. The number of benzene rings is 1. The van der Waals surface area contributed by atoms with Crippen LogP contribution in [0.15, 0.2) is 12.1 Å². The van der Waals surface area contributed by atoms with Crippen LogP contribution in [-0.4, -0.2) is 35.8 Å². The normalized spacial score (nSPS) is 10.4. The molecule has 0 aromatic heterocycles. The fourth-order valence-corrected chi connectivity index (χ4v) is 1.65. The average molecular weight is 262 g/mol. The van der Waals surface area contributed by atoms with Crippen molar-refractivity contribution in [3.8, 4) is 5.75 Å². The molecule has 94 valence electrons. The van der Waals surface area contributed by atoms with Gasteiger partial charge in [0.15, 0.2) is 17.4 Å². The zero-order valence-corrected chi connectivity index (χ0v) is 10.1. The van der Waals surface area contributed by atoms with E-state index >= 15 is 0 Å². The lowest BCUT2D eigenvalue weighted by atomic mass is 9.80. The van der Waals surface area contributed by atoms with E-state index in [0.29, 0.717) is 6.42 Å². The van der Waals surface area contributed by atoms with Crippen molar-refractivity contribution in [2.75, 3.05) is 18.6 Å². The van der Waals surface area contributed by atoms with Crippen LogP contribution < -0.4 is 10.2 Å². The molecule has 0 saturated heterocycles. The second-order valence-corrected chi connectivity index (χ2v) is 4.37. The van der Waals surface area contributed by atoms with Crippen LogP contribution >= 0.6 is 11.8 Å². The van der Waals surface area contributed by atoms with Gasteiger partial charge in [-0.15, -0.1) is 0 Å². The summed E-state index contributed by atoms with van der Waals surface area (Å²) in [4.78, 5) is 0. The highest BCUT2D eigenvalue weighted by atomic mass is 32.2. The highest BCUT2D eigenvalue weighted by Crippen LogP contribution is 2.20. The Hall–Kier alpha value is -0.785. The van der Waals surface area contributed by atoms with Gasteiger partial charge in [-0.3, -0.25) is 0 Å². The minimum absolute atomic E-state index is 0.218. The van der Waals surface area contributed by atoms with Crippen molar-refractivity contribution in [2.24, 2.45) is 0 Å². The van der Waals surface area contributed by atoms with Crippen LogP contribution in [0.3, 0.4) is 0 Å². The maximum Gasteiger partial charge on any atom is 0.488 e. The molecule has 0 aliphatic carbocycles. The summed E-state index contributed by atoms with van der Waals surface area (Å²) in [5.41, 5.74) is -0.239. The number of thioether (sulfide) groups is 1. The summed E-state index contributed by atoms with van der Waals surface area (Å²) < 4.78 is 31.8. The summed E-state index contributed by atoms with van der Waals surface area (Å²) in [6, 6.07) is 1.69. The average Bonchev–Trinajstić information content (AvgIpc) is 2.26. The van der Waals surface area contributed by atoms with Crippen molar-refractivity contribution in [1.29, 1.82) is 0 Å². The van der Waals surface area contributed by atoms with Gasteiger partial charge in [0.05, 0.1) is 6.61 Å². The van der Waals surface area contributed by atoms with Gasteiger partial charge in [0, 0.05) is 0 Å². The molecule has 0 amide bonds. The molecule has 2 N–H and O–H groups in total. The SMILES string of the molecule is CSCCCOc1c(F)cc(B(O)O)cc1F. The minimum Gasteiger partial charge on any atom is -0.488 e. The summed E-state index contributed by atoms with van der Waals surface area (Å²) in [7, 11) is -1.90. The van der Waals surface area contributed by atoms with E-state index in [1.54, 1.807) is 11.8 Å². The smallest absolute Gasteiger partial charge is 0.488 e. The summed E-state index contributed by atoms with van der Waals surface area (Å²) in [6.45, 7) is 0.218. The maximum absolute atomic E-state index is 13.4. The molecule has 0 bridgehead atoms. The predicted octanol–water partition coefficient (Wildman–Crippen LogP) is 0.776. The number of rotatable bonds is 6. The van der Waals surface area contributed by atoms with Crippen molar-refractivity contribution in [2.45, 2.75) is 6.42 Å². The Morgan fingerprint density at radius 2 is 1.88 bits per heavy atom. The number of hydrogen-bond acceptors (Lipinski definition) is 4. The molecule has 0 spiro atoms. The molecule has 1 rings (SSSR count). The topological polar surface area (TPSA) is 49.7 Å². The van der Waals surface area contributed by atoms with Crippen LogP contribution in [-0.2, 0) is 0 Å². The van der Waals surface area contributed by atoms with Gasteiger partial charge in [-0.1, -0.05) is 0 Å². The van der Waals surface area contributed by atoms with Gasteiger partial charge >= 0.3 is 7.12 Å². The molecule has 1 aromatic carbocycles. The first kappa shape index (κ1) is 14.3. The molecule has 0 radical (unpaired) electrons. The lowest BCUT2D eigenvalue weighted by molar-refractivity contribution is 0.286. The van der Waals surface area contributed by atoms with E-state index in [-0.39, 0.29) is 12.1 Å². The van der Waals surface area contributed by atoms with Crippen LogP contribution in [0.1, 0.15) is 6.42 Å². The Labute approximate surface area is 103 Å². The quantitative estimate of drug-likeness (QED) is 0.587. The Balaban J connectivity index is 2.72. The molecule has 0 unspecified atom stereocenters. The monoisotopic (exact) mass is 262 g/mol. The number of hydrogen-bond donors (Lipinski definition) is 2. The highest BCUT2D eigenvalue weighted by molar-refractivity contribution is 7.98. The Morgan fingerprint density at radius 3 is 2.35 bits per heavy atom. The number of ether oxygens (including phenoxy) is 1. The third-order valence-corrected chi connectivity index (χ3v) is 2.75. The van der Waals surface area contributed by atoms with Gasteiger partial charge in [-0.05, 0) is 36.0 Å². The molecule has 0 fully saturated rings. The molecule has 17 heavy (non-hydrogen) atoms. The van der Waals surface area contributed by atoms with Gasteiger partial charge in [-0.2, -0.15) is 11.8 Å². The third-order valence-electron chi connectivity index (χ3n) is 2.06. The van der Waals surface area contributed by atoms with E-state index in [1.165, 1.54) is 0 Å². The zero-order chi connectivity index (χ0) is 12.8. The van der Waals surface area contributed by atoms with Gasteiger partial charge in [0.25, 0.3) is 0 Å². The maximum atomic E-state index is 13.4. The van der Waals surface area contributed by atoms with Crippen molar-refractivity contribution >= 4 is 24.3 Å². The molecule has 0 aliphatic rings. The second-order valence-electron chi connectivity index (χ2n) is 3.38. The first-order valence-electron chi connectivity index (χ1n) is 5.03. The van der Waals surface area contributed by atoms with E-state index in [2.05, 4.69) is 0 Å². The summed E-state index contributed by atoms with van der Waals surface area (Å²) in [5, 5.41) is 17.6. The number of halogens is 2. The largest absolute Gasteiger partial charge is 0.488 e. The van der Waals surface area contributed by atoms with E-state index in [0.717, 1.165) is 17.9 Å². The van der Waals surface area contributed by atoms with Crippen molar-refractivity contribution in [3.05, 3.63) is 23.8 Å². The highest BCUT2D eigenvalue weighted by Gasteiger charge is 2.18. The molecule has 1 aromatic rings. The van der Waals surface area contributed by atoms with Crippen molar-refractivity contribution in [1.82, 2.24) is 0 Å². The van der Waals surface area contributed by atoms with Crippen LogP contribution in [0.5, 0.6) is 5.75 Å². The lowest BCUT2D eigenvalue weighted by Gasteiger charge is -2.09. The van der Waals surface area contributed by atoms with E-state index in [1.807, 2.05) is 6.26 Å². The third kappa shape index (κ3) is 4.18. The summed E-state index contributed by atoms with van der Waals surface area (Å²) in [5.74, 6) is -1.50. The first-order valence-corrected chi connectivity index (χ1v) is 6.42. The second kappa shape index (κ2) is 6.83. The minimum atomic E-state index is -1.90. The van der Waals surface area contributed by atoms with Gasteiger partial charge < -0.3 is 14.8 Å². The molecular weight excluding hydrogens is 249 g/mol. The van der Waals surface area contributed by atoms with Crippen LogP contribution in [0, 0.1) is 11.6 Å². The fourth-order valence-electron chi connectivity index (χ4n) is 1.24. The van der Waals surface area contributed by atoms with Gasteiger partial charge in [0.2, 0.25) is 0 Å². The lowest BCUT2D eigenvalue weighted by Crippen LogP contribution is -2.30. The molecule has 0 atom stereocenters. The van der Waals surface area contributed by atoms with Gasteiger partial charge in [0.1, 0.15) is 0 Å². The standard InChI is InChI=1S/C10H13BF2O3S/c1-17-4-2-3-16-10-8(12)5-7(11(14)15)6-9(10)13/h5-6,14-15H,2-4H2,1H3. The summed E-state index contributed by atoms with van der Waals surface area (Å²) in [6.07, 6.45) is 2.61. The first-order chi connectivity index (χ1) is 8.06. The Kier molecular flexibility index (Phi) is 5.74. The van der Waals surface area contributed by atoms with E-state index < -0.39 is 24.5 Å². The Bertz CT molecular complexity index is 354. The molecule has 3 nitrogen and oxygen atoms in total. The van der Waals surface area contributed by atoms with Crippen LogP contribution in [0.25, 0.3) is 0 Å². The van der Waals surface area contributed by atoms with E-state index in [4.69, 9.17) is 14.8 Å². The van der Waals surface area contributed by atoms with E-state index in [9.17, 15) is 8.78 Å². The fraction of sp³-hybridized carbons (Fsp3) is 0.400. The molecule has 0 heterocycles. The molecule has 0 aliphatic heterocycles. The van der Waals surface area contributed by atoms with Gasteiger partial charge in [-0.25, -0.2) is 8.78 Å². The molecule has 0 saturated carbocycles. The Morgan fingerprint density at radius 1 is 1.29 bits per heavy atom.